The molecular weight excluding hydrogens is 373 g/mol. The summed E-state index contributed by atoms with van der Waals surface area (Å²) in [6.07, 6.45) is 1.16. The van der Waals surface area contributed by atoms with E-state index in [-0.39, 0.29) is 29.5 Å². The summed E-state index contributed by atoms with van der Waals surface area (Å²) in [5, 5.41) is 0. The topological polar surface area (TPSA) is 63.7 Å². The van der Waals surface area contributed by atoms with Gasteiger partial charge in [-0.15, -0.1) is 0 Å². The van der Waals surface area contributed by atoms with Gasteiger partial charge in [-0.1, -0.05) is 13.8 Å². The van der Waals surface area contributed by atoms with Gasteiger partial charge in [-0.3, -0.25) is 14.4 Å². The average Bonchev–Trinajstić information content (AvgIpc) is 2.74. The quantitative estimate of drug-likeness (QED) is 0.437. The van der Waals surface area contributed by atoms with E-state index in [1.807, 2.05) is 13.8 Å². The van der Waals surface area contributed by atoms with Gasteiger partial charge in [-0.25, -0.2) is 4.39 Å². The Morgan fingerprint density at radius 3 is 1.97 bits per heavy atom. The number of nitrogens with zero attached hydrogens (tertiary/aromatic N) is 1. The zero-order valence-corrected chi connectivity index (χ0v) is 16.6. The van der Waals surface area contributed by atoms with E-state index in [0.29, 0.717) is 42.8 Å². The first kappa shape index (κ1) is 20.7. The van der Waals surface area contributed by atoms with Crippen LogP contribution in [0.5, 0.6) is 5.75 Å². The summed E-state index contributed by atoms with van der Waals surface area (Å²) in [6.45, 7) is 4.85. The van der Waals surface area contributed by atoms with Crippen molar-refractivity contribution in [3.8, 4) is 5.75 Å². The minimum atomic E-state index is -0.400. The molecule has 0 saturated carbocycles. The maximum atomic E-state index is 13.0. The van der Waals surface area contributed by atoms with Gasteiger partial charge in [0.25, 0.3) is 0 Å². The molecule has 1 amide bonds. The van der Waals surface area contributed by atoms with Crippen molar-refractivity contribution in [3.05, 3.63) is 65.5 Å². The van der Waals surface area contributed by atoms with Crippen molar-refractivity contribution in [2.24, 2.45) is 11.8 Å². The van der Waals surface area contributed by atoms with E-state index in [2.05, 4.69) is 0 Å². The molecule has 0 spiro atoms. The first-order valence-corrected chi connectivity index (χ1v) is 9.76. The number of benzene rings is 2. The maximum absolute atomic E-state index is 13.0. The van der Waals surface area contributed by atoms with Gasteiger partial charge in [0, 0.05) is 30.1 Å². The summed E-state index contributed by atoms with van der Waals surface area (Å²) >= 11 is 0. The maximum Gasteiger partial charge on any atom is 0.314 e. The number of rotatable bonds is 5. The Labute approximate surface area is 169 Å². The van der Waals surface area contributed by atoms with Crippen LogP contribution in [0.3, 0.4) is 0 Å². The van der Waals surface area contributed by atoms with Crippen molar-refractivity contribution in [3.63, 3.8) is 0 Å². The first-order chi connectivity index (χ1) is 13.8. The standard InChI is InChI=1S/C23H24FNO4/c1-15(2)22(27)25-13-11-18(12-14-25)23(28)29-20-9-5-17(6-10-20)21(26)16-3-7-19(24)8-4-16/h3-10,15,18H,11-14H2,1-2H3. The molecule has 1 saturated heterocycles. The highest BCUT2D eigenvalue weighted by Gasteiger charge is 2.29. The Bertz CT molecular complexity index is 882. The van der Waals surface area contributed by atoms with Crippen LogP contribution in [-0.4, -0.2) is 35.6 Å². The predicted molar refractivity (Wildman–Crippen MR) is 106 cm³/mol. The second-order valence-electron chi connectivity index (χ2n) is 7.54. The Kier molecular flexibility index (Phi) is 6.42. The Hall–Kier alpha value is -3.02. The van der Waals surface area contributed by atoms with E-state index in [9.17, 15) is 18.8 Å². The molecule has 0 bridgehead atoms. The SMILES string of the molecule is CC(C)C(=O)N1CCC(C(=O)Oc2ccc(C(=O)c3ccc(F)cc3)cc2)CC1. The summed E-state index contributed by atoms with van der Waals surface area (Å²) in [7, 11) is 0. The van der Waals surface area contributed by atoms with Gasteiger partial charge in [0.15, 0.2) is 5.78 Å². The van der Waals surface area contributed by atoms with E-state index < -0.39 is 5.82 Å². The number of esters is 1. The largest absolute Gasteiger partial charge is 0.426 e. The normalized spacial score (nSPS) is 14.7. The lowest BCUT2D eigenvalue weighted by Gasteiger charge is -2.32. The van der Waals surface area contributed by atoms with E-state index in [1.165, 1.54) is 24.3 Å². The molecule has 5 nitrogen and oxygen atoms in total. The van der Waals surface area contributed by atoms with Crippen LogP contribution < -0.4 is 4.74 Å². The van der Waals surface area contributed by atoms with Gasteiger partial charge >= 0.3 is 5.97 Å². The van der Waals surface area contributed by atoms with Crippen LogP contribution in [0.4, 0.5) is 4.39 Å². The number of ether oxygens (including phenoxy) is 1. The molecule has 2 aromatic carbocycles. The lowest BCUT2D eigenvalue weighted by atomic mass is 9.96. The fourth-order valence-corrected chi connectivity index (χ4v) is 3.34. The van der Waals surface area contributed by atoms with Crippen molar-refractivity contribution in [1.29, 1.82) is 0 Å². The van der Waals surface area contributed by atoms with Crippen LogP contribution in [0.1, 0.15) is 42.6 Å². The third-order valence-corrected chi connectivity index (χ3v) is 5.08. The summed E-state index contributed by atoms with van der Waals surface area (Å²) in [5.74, 6) is -0.765. The highest BCUT2D eigenvalue weighted by atomic mass is 19.1. The van der Waals surface area contributed by atoms with Gasteiger partial charge in [0.2, 0.25) is 5.91 Å². The van der Waals surface area contributed by atoms with E-state index >= 15 is 0 Å². The van der Waals surface area contributed by atoms with Crippen LogP contribution in [-0.2, 0) is 9.59 Å². The second-order valence-corrected chi connectivity index (χ2v) is 7.54. The van der Waals surface area contributed by atoms with Crippen molar-refractivity contribution < 1.29 is 23.5 Å². The fourth-order valence-electron chi connectivity index (χ4n) is 3.34. The monoisotopic (exact) mass is 397 g/mol. The molecular formula is C23H24FNO4. The number of ketones is 1. The van der Waals surface area contributed by atoms with Crippen LogP contribution in [0.25, 0.3) is 0 Å². The van der Waals surface area contributed by atoms with Gasteiger partial charge in [-0.2, -0.15) is 0 Å². The number of likely N-dealkylation sites (tertiary alicyclic amines) is 1. The number of carbonyl (C=O) groups excluding carboxylic acids is 3. The van der Waals surface area contributed by atoms with Crippen LogP contribution in [0, 0.1) is 17.7 Å². The highest BCUT2D eigenvalue weighted by Crippen LogP contribution is 2.22. The van der Waals surface area contributed by atoms with E-state index in [4.69, 9.17) is 4.74 Å². The third-order valence-electron chi connectivity index (χ3n) is 5.08. The molecule has 29 heavy (non-hydrogen) atoms. The van der Waals surface area contributed by atoms with Gasteiger partial charge in [0.1, 0.15) is 11.6 Å². The molecule has 6 heteroatoms. The lowest BCUT2D eigenvalue weighted by molar-refractivity contribution is -0.144. The Morgan fingerprint density at radius 1 is 0.931 bits per heavy atom. The lowest BCUT2D eigenvalue weighted by Crippen LogP contribution is -2.42. The molecule has 0 atom stereocenters. The van der Waals surface area contributed by atoms with Crippen LogP contribution in [0.15, 0.2) is 48.5 Å². The number of hydrogen-bond acceptors (Lipinski definition) is 4. The zero-order valence-electron chi connectivity index (χ0n) is 16.6. The number of carbonyl (C=O) groups is 3. The molecule has 0 N–H and O–H groups in total. The van der Waals surface area contributed by atoms with Gasteiger partial charge in [0.05, 0.1) is 5.92 Å². The number of piperidine rings is 1. The van der Waals surface area contributed by atoms with Crippen LogP contribution in [0.2, 0.25) is 0 Å². The zero-order chi connectivity index (χ0) is 21.0. The minimum Gasteiger partial charge on any atom is -0.426 e. The van der Waals surface area contributed by atoms with Crippen molar-refractivity contribution in [1.82, 2.24) is 4.90 Å². The minimum absolute atomic E-state index is 0.0466. The molecule has 0 aliphatic carbocycles. The molecule has 3 rings (SSSR count). The summed E-state index contributed by atoms with van der Waals surface area (Å²) in [4.78, 5) is 38.7. The molecule has 0 aromatic heterocycles. The molecule has 0 unspecified atom stereocenters. The predicted octanol–water partition coefficient (Wildman–Crippen LogP) is 3.86. The highest BCUT2D eigenvalue weighted by molar-refractivity contribution is 6.09. The summed E-state index contributed by atoms with van der Waals surface area (Å²) in [6, 6.07) is 11.7. The number of amides is 1. The average molecular weight is 397 g/mol. The number of hydrogen-bond donors (Lipinski definition) is 0. The summed E-state index contributed by atoms with van der Waals surface area (Å²) in [5.41, 5.74) is 0.816. The Morgan fingerprint density at radius 2 is 1.45 bits per heavy atom. The molecule has 2 aromatic rings. The fraction of sp³-hybridized carbons (Fsp3) is 0.348. The van der Waals surface area contributed by atoms with Crippen molar-refractivity contribution >= 4 is 17.7 Å². The smallest absolute Gasteiger partial charge is 0.314 e. The van der Waals surface area contributed by atoms with Crippen molar-refractivity contribution in [2.75, 3.05) is 13.1 Å². The molecule has 0 radical (unpaired) electrons. The summed E-state index contributed by atoms with van der Waals surface area (Å²) < 4.78 is 18.4. The van der Waals surface area contributed by atoms with Gasteiger partial charge < -0.3 is 9.64 Å². The first-order valence-electron chi connectivity index (χ1n) is 9.76. The van der Waals surface area contributed by atoms with Crippen molar-refractivity contribution in [2.45, 2.75) is 26.7 Å². The van der Waals surface area contributed by atoms with Gasteiger partial charge in [-0.05, 0) is 61.4 Å². The van der Waals surface area contributed by atoms with E-state index in [0.717, 1.165) is 0 Å². The second kappa shape index (κ2) is 8.99. The molecule has 152 valence electrons. The number of halogens is 1. The van der Waals surface area contributed by atoms with Crippen LogP contribution >= 0.6 is 0 Å². The van der Waals surface area contributed by atoms with E-state index in [1.54, 1.807) is 29.2 Å². The Balaban J connectivity index is 1.56. The third kappa shape index (κ3) is 5.08. The molecule has 1 fully saturated rings. The molecule has 1 aliphatic rings. The molecule has 1 aliphatic heterocycles. The molecule has 1 heterocycles.